The molecule has 0 aromatic rings. The first-order valence-corrected chi connectivity index (χ1v) is 5.91. The lowest BCUT2D eigenvalue weighted by atomic mass is 9.87. The van der Waals surface area contributed by atoms with Gasteiger partial charge in [0, 0.05) is 31.7 Å². The fourth-order valence-electron chi connectivity index (χ4n) is 2.46. The van der Waals surface area contributed by atoms with Gasteiger partial charge < -0.3 is 19.7 Å². The zero-order chi connectivity index (χ0) is 11.4. The van der Waals surface area contributed by atoms with Crippen LogP contribution in [0, 0.1) is 5.41 Å². The highest BCUT2D eigenvalue weighted by molar-refractivity contribution is 4.87. The van der Waals surface area contributed by atoms with Crippen LogP contribution in [0.2, 0.25) is 0 Å². The normalized spacial score (nSPS) is 36.8. The summed E-state index contributed by atoms with van der Waals surface area (Å²) in [4.78, 5) is 2.26. The summed E-state index contributed by atoms with van der Waals surface area (Å²) in [7, 11) is 0. The first kappa shape index (κ1) is 12.3. The van der Waals surface area contributed by atoms with E-state index >= 15 is 0 Å². The van der Waals surface area contributed by atoms with E-state index in [1.54, 1.807) is 0 Å². The van der Waals surface area contributed by atoms with Crippen LogP contribution < -0.4 is 0 Å². The summed E-state index contributed by atoms with van der Waals surface area (Å²) in [6, 6.07) is 0. The van der Waals surface area contributed by atoms with Crippen molar-refractivity contribution in [2.24, 2.45) is 5.41 Å². The lowest BCUT2D eigenvalue weighted by Crippen LogP contribution is -2.49. The van der Waals surface area contributed by atoms with Crippen LogP contribution in [0.5, 0.6) is 0 Å². The molecular weight excluding hydrogens is 210 g/mol. The van der Waals surface area contributed by atoms with Crippen molar-refractivity contribution in [2.45, 2.75) is 12.5 Å². The van der Waals surface area contributed by atoms with Crippen molar-refractivity contribution in [3.63, 3.8) is 0 Å². The van der Waals surface area contributed by atoms with Gasteiger partial charge in [0.25, 0.3) is 0 Å². The quantitative estimate of drug-likeness (QED) is 0.655. The van der Waals surface area contributed by atoms with E-state index in [0.717, 1.165) is 32.7 Å². The Bertz CT molecular complexity index is 218. The summed E-state index contributed by atoms with van der Waals surface area (Å²) in [5, 5.41) is 18.5. The van der Waals surface area contributed by atoms with Gasteiger partial charge in [-0.3, -0.25) is 4.90 Å². The van der Waals surface area contributed by atoms with Crippen molar-refractivity contribution >= 4 is 0 Å². The molecule has 0 aromatic heterocycles. The van der Waals surface area contributed by atoms with Crippen LogP contribution in [0.25, 0.3) is 0 Å². The summed E-state index contributed by atoms with van der Waals surface area (Å²) >= 11 is 0. The summed E-state index contributed by atoms with van der Waals surface area (Å²) in [6.45, 7) is 4.75. The van der Waals surface area contributed by atoms with Crippen LogP contribution >= 0.6 is 0 Å². The minimum atomic E-state index is -0.0999. The maximum atomic E-state index is 9.48. The molecule has 5 heteroatoms. The van der Waals surface area contributed by atoms with Crippen LogP contribution in [0.1, 0.15) is 6.42 Å². The molecular formula is C11H21NO4. The van der Waals surface area contributed by atoms with Crippen molar-refractivity contribution in [1.82, 2.24) is 4.90 Å². The number of morpholine rings is 1. The number of hydrogen-bond donors (Lipinski definition) is 2. The Hall–Kier alpha value is -0.200. The fourth-order valence-corrected chi connectivity index (χ4v) is 2.46. The second-order valence-electron chi connectivity index (χ2n) is 4.87. The zero-order valence-corrected chi connectivity index (χ0v) is 9.60. The number of ether oxygens (including phenoxy) is 2. The van der Waals surface area contributed by atoms with Gasteiger partial charge in [0.05, 0.1) is 32.5 Å². The largest absolute Gasteiger partial charge is 0.396 e. The molecule has 2 saturated heterocycles. The van der Waals surface area contributed by atoms with Crippen molar-refractivity contribution in [3.05, 3.63) is 0 Å². The summed E-state index contributed by atoms with van der Waals surface area (Å²) in [5.41, 5.74) is -0.0999. The van der Waals surface area contributed by atoms with Gasteiger partial charge in [-0.25, -0.2) is 0 Å². The Morgan fingerprint density at radius 3 is 2.81 bits per heavy atom. The second kappa shape index (κ2) is 5.42. The van der Waals surface area contributed by atoms with Crippen LogP contribution in [0.4, 0.5) is 0 Å². The monoisotopic (exact) mass is 231 g/mol. The van der Waals surface area contributed by atoms with E-state index in [1.807, 2.05) is 0 Å². The summed E-state index contributed by atoms with van der Waals surface area (Å²) in [6.07, 6.45) is 0.844. The minimum Gasteiger partial charge on any atom is -0.396 e. The van der Waals surface area contributed by atoms with Crippen molar-refractivity contribution in [2.75, 3.05) is 52.7 Å². The SMILES string of the molecule is OCC1CN(CC2(CO)CCOC2)CCO1. The Morgan fingerprint density at radius 2 is 2.19 bits per heavy atom. The first-order valence-electron chi connectivity index (χ1n) is 5.91. The predicted octanol–water partition coefficient (Wildman–Crippen LogP) is -0.921. The summed E-state index contributed by atoms with van der Waals surface area (Å²) in [5.74, 6) is 0. The third kappa shape index (κ3) is 2.73. The van der Waals surface area contributed by atoms with Crippen LogP contribution in [-0.4, -0.2) is 73.9 Å². The molecule has 0 saturated carbocycles. The van der Waals surface area contributed by atoms with Crippen LogP contribution in [-0.2, 0) is 9.47 Å². The average Bonchev–Trinajstić information content (AvgIpc) is 2.78. The summed E-state index contributed by atoms with van der Waals surface area (Å²) < 4.78 is 10.8. The molecule has 0 radical (unpaired) electrons. The highest BCUT2D eigenvalue weighted by Crippen LogP contribution is 2.29. The topological polar surface area (TPSA) is 62.2 Å². The molecule has 2 fully saturated rings. The van der Waals surface area contributed by atoms with Crippen molar-refractivity contribution in [3.8, 4) is 0 Å². The predicted molar refractivity (Wildman–Crippen MR) is 58.2 cm³/mol. The van der Waals surface area contributed by atoms with Gasteiger partial charge in [-0.1, -0.05) is 0 Å². The van der Waals surface area contributed by atoms with Gasteiger partial charge in [-0.15, -0.1) is 0 Å². The lowest BCUT2D eigenvalue weighted by Gasteiger charge is -2.37. The van der Waals surface area contributed by atoms with Gasteiger partial charge in [0.2, 0.25) is 0 Å². The Balaban J connectivity index is 1.87. The molecule has 0 spiro atoms. The molecule has 0 amide bonds. The maximum absolute atomic E-state index is 9.48. The van der Waals surface area contributed by atoms with E-state index in [-0.39, 0.29) is 24.7 Å². The van der Waals surface area contributed by atoms with Crippen LogP contribution in [0.15, 0.2) is 0 Å². The fraction of sp³-hybridized carbons (Fsp3) is 1.00. The van der Waals surface area contributed by atoms with E-state index in [4.69, 9.17) is 14.6 Å². The number of rotatable bonds is 4. The maximum Gasteiger partial charge on any atom is 0.0932 e. The van der Waals surface area contributed by atoms with E-state index in [9.17, 15) is 5.11 Å². The highest BCUT2D eigenvalue weighted by Gasteiger charge is 2.37. The molecule has 0 aliphatic carbocycles. The number of aliphatic hydroxyl groups is 2. The number of nitrogens with zero attached hydrogens (tertiary/aromatic N) is 1. The van der Waals surface area contributed by atoms with E-state index in [0.29, 0.717) is 13.2 Å². The molecule has 16 heavy (non-hydrogen) atoms. The molecule has 94 valence electrons. The Kier molecular flexibility index (Phi) is 4.16. The molecule has 5 nitrogen and oxygen atoms in total. The molecule has 0 bridgehead atoms. The van der Waals surface area contributed by atoms with Crippen LogP contribution in [0.3, 0.4) is 0 Å². The second-order valence-corrected chi connectivity index (χ2v) is 4.87. The standard InChI is InChI=1S/C11H21NO4/c13-6-10-5-12(2-4-16-10)7-11(8-14)1-3-15-9-11/h10,13-14H,1-9H2. The zero-order valence-electron chi connectivity index (χ0n) is 9.60. The Labute approximate surface area is 96.0 Å². The van der Waals surface area contributed by atoms with Crippen molar-refractivity contribution in [1.29, 1.82) is 0 Å². The molecule has 2 rings (SSSR count). The van der Waals surface area contributed by atoms with E-state index in [1.165, 1.54) is 0 Å². The Morgan fingerprint density at radius 1 is 1.31 bits per heavy atom. The van der Waals surface area contributed by atoms with Gasteiger partial charge >= 0.3 is 0 Å². The third-order valence-corrected chi connectivity index (χ3v) is 3.51. The average molecular weight is 231 g/mol. The van der Waals surface area contributed by atoms with E-state index < -0.39 is 0 Å². The minimum absolute atomic E-state index is 0.0686. The molecule has 2 aliphatic heterocycles. The number of aliphatic hydroxyl groups excluding tert-OH is 2. The number of hydrogen-bond acceptors (Lipinski definition) is 5. The molecule has 2 atom stereocenters. The molecule has 2 unspecified atom stereocenters. The lowest BCUT2D eigenvalue weighted by molar-refractivity contribution is -0.0674. The van der Waals surface area contributed by atoms with Crippen molar-refractivity contribution < 1.29 is 19.7 Å². The first-order chi connectivity index (χ1) is 7.78. The molecule has 2 aliphatic rings. The van der Waals surface area contributed by atoms with Gasteiger partial charge in [0.1, 0.15) is 0 Å². The molecule has 2 N–H and O–H groups in total. The highest BCUT2D eigenvalue weighted by atomic mass is 16.5. The van der Waals surface area contributed by atoms with Gasteiger partial charge in [-0.05, 0) is 6.42 Å². The smallest absolute Gasteiger partial charge is 0.0932 e. The van der Waals surface area contributed by atoms with E-state index in [2.05, 4.69) is 4.90 Å². The van der Waals surface area contributed by atoms with Gasteiger partial charge in [0.15, 0.2) is 0 Å². The molecule has 2 heterocycles. The van der Waals surface area contributed by atoms with Gasteiger partial charge in [-0.2, -0.15) is 0 Å². The third-order valence-electron chi connectivity index (χ3n) is 3.51. The molecule has 0 aromatic carbocycles.